The summed E-state index contributed by atoms with van der Waals surface area (Å²) in [5.41, 5.74) is 18.2. The Bertz CT molecular complexity index is 3670. The summed E-state index contributed by atoms with van der Waals surface area (Å²) in [4.78, 5) is 4.85. The van der Waals surface area contributed by atoms with Crippen LogP contribution in [-0.2, 0) is 10.8 Å². The van der Waals surface area contributed by atoms with Gasteiger partial charge in [-0.15, -0.1) is 0 Å². The maximum Gasteiger partial charge on any atom is 0.0583 e. The highest BCUT2D eigenvalue weighted by atomic mass is 15.2. The standard InChI is InChI=1S/C62H47N3/c1-61(2)53-29-18-30-54-60(53)65-58-51(52-38-47(39-56(59(52)65)62(54,3)4)63(43-21-8-5-9-22-43)44-23-10-6-11-24-44)36-42(37-55(58)61)48-33-34-57(50-28-17-16-27-49(48)50)64(45-25-12-7-13-26-45)46-32-31-40-19-14-15-20-41(40)35-46/h5-39H,1-4H3. The number of benzene rings is 10. The number of rotatable bonds is 7. The highest BCUT2D eigenvalue weighted by molar-refractivity contribution is 6.17. The first-order valence-electron chi connectivity index (χ1n) is 22.9. The molecule has 0 unspecified atom stereocenters. The molecule has 3 heteroatoms. The van der Waals surface area contributed by atoms with Crippen molar-refractivity contribution < 1.29 is 0 Å². The second kappa shape index (κ2) is 13.8. The largest absolute Gasteiger partial charge is 0.310 e. The molecule has 0 fully saturated rings. The van der Waals surface area contributed by atoms with Gasteiger partial charge in [-0.05, 0) is 128 Å². The molecular weight excluding hydrogens is 787 g/mol. The molecule has 3 heterocycles. The maximum atomic E-state index is 2.64. The number of hydrogen-bond donors (Lipinski definition) is 0. The Morgan fingerprint density at radius 3 is 1.52 bits per heavy atom. The van der Waals surface area contributed by atoms with Gasteiger partial charge in [-0.25, -0.2) is 0 Å². The van der Waals surface area contributed by atoms with E-state index in [-0.39, 0.29) is 10.8 Å². The molecule has 11 aromatic rings. The van der Waals surface area contributed by atoms with Crippen molar-refractivity contribution in [2.45, 2.75) is 38.5 Å². The average molecular weight is 834 g/mol. The second-order valence-electron chi connectivity index (χ2n) is 19.0. The summed E-state index contributed by atoms with van der Waals surface area (Å²) < 4.78 is 2.64. The molecule has 0 radical (unpaired) electrons. The molecule has 0 spiro atoms. The zero-order chi connectivity index (χ0) is 43.6. The lowest BCUT2D eigenvalue weighted by Gasteiger charge is -2.42. The highest BCUT2D eigenvalue weighted by Crippen LogP contribution is 2.57. The topological polar surface area (TPSA) is 11.4 Å². The van der Waals surface area contributed by atoms with Crippen LogP contribution in [-0.4, -0.2) is 4.57 Å². The van der Waals surface area contributed by atoms with Gasteiger partial charge in [0.15, 0.2) is 0 Å². The van der Waals surface area contributed by atoms with E-state index in [1.807, 2.05) is 0 Å². The second-order valence-corrected chi connectivity index (χ2v) is 19.0. The Hall–Kier alpha value is -7.88. The van der Waals surface area contributed by atoms with Gasteiger partial charge >= 0.3 is 0 Å². The molecule has 1 aromatic heterocycles. The maximum absolute atomic E-state index is 2.64. The van der Waals surface area contributed by atoms with Crippen LogP contribution in [0.3, 0.4) is 0 Å². The van der Waals surface area contributed by atoms with E-state index < -0.39 is 0 Å². The Labute approximate surface area is 380 Å². The van der Waals surface area contributed by atoms with Crippen LogP contribution in [0.1, 0.15) is 49.9 Å². The fraction of sp³-hybridized carbons (Fsp3) is 0.0968. The molecule has 13 rings (SSSR count). The van der Waals surface area contributed by atoms with Crippen molar-refractivity contribution in [1.29, 1.82) is 0 Å². The van der Waals surface area contributed by atoms with Gasteiger partial charge < -0.3 is 14.4 Å². The van der Waals surface area contributed by atoms with Crippen LogP contribution >= 0.6 is 0 Å². The summed E-state index contributed by atoms with van der Waals surface area (Å²) in [6, 6.07) is 78.6. The number of aromatic nitrogens is 1. The van der Waals surface area contributed by atoms with Crippen molar-refractivity contribution in [1.82, 2.24) is 4.57 Å². The molecule has 65 heavy (non-hydrogen) atoms. The third-order valence-corrected chi connectivity index (χ3v) is 14.6. The minimum absolute atomic E-state index is 0.249. The smallest absolute Gasteiger partial charge is 0.0583 e. The van der Waals surface area contributed by atoms with Crippen LogP contribution in [0.15, 0.2) is 212 Å². The first-order chi connectivity index (χ1) is 31.8. The van der Waals surface area contributed by atoms with Crippen molar-refractivity contribution in [3.05, 3.63) is 235 Å². The van der Waals surface area contributed by atoms with Crippen LogP contribution < -0.4 is 9.80 Å². The lowest BCUT2D eigenvalue weighted by Crippen LogP contribution is -2.33. The summed E-state index contributed by atoms with van der Waals surface area (Å²) in [5.74, 6) is 0. The van der Waals surface area contributed by atoms with Gasteiger partial charge in [0.1, 0.15) is 0 Å². The fourth-order valence-corrected chi connectivity index (χ4v) is 11.5. The monoisotopic (exact) mass is 833 g/mol. The highest BCUT2D eigenvalue weighted by Gasteiger charge is 2.44. The van der Waals surface area contributed by atoms with Gasteiger partial charge in [0.2, 0.25) is 0 Å². The van der Waals surface area contributed by atoms with E-state index >= 15 is 0 Å². The van der Waals surface area contributed by atoms with E-state index in [1.54, 1.807) is 0 Å². The van der Waals surface area contributed by atoms with Crippen LogP contribution in [0.2, 0.25) is 0 Å². The molecule has 10 aromatic carbocycles. The molecule has 2 aliphatic rings. The molecular formula is C62H47N3. The van der Waals surface area contributed by atoms with Gasteiger partial charge in [-0.1, -0.05) is 161 Å². The molecule has 3 nitrogen and oxygen atoms in total. The van der Waals surface area contributed by atoms with Gasteiger partial charge in [0, 0.05) is 55.4 Å². The summed E-state index contributed by atoms with van der Waals surface area (Å²) >= 11 is 0. The molecule has 0 saturated carbocycles. The van der Waals surface area contributed by atoms with Crippen molar-refractivity contribution >= 4 is 77.5 Å². The van der Waals surface area contributed by atoms with Crippen molar-refractivity contribution in [3.63, 3.8) is 0 Å². The predicted molar refractivity (Wildman–Crippen MR) is 275 cm³/mol. The first-order valence-corrected chi connectivity index (χ1v) is 22.9. The van der Waals surface area contributed by atoms with Crippen LogP contribution in [0.4, 0.5) is 34.1 Å². The predicted octanol–water partition coefficient (Wildman–Crippen LogP) is 17.0. The Balaban J connectivity index is 1.09. The summed E-state index contributed by atoms with van der Waals surface area (Å²) in [7, 11) is 0. The molecule has 0 amide bonds. The quantitative estimate of drug-likeness (QED) is 0.158. The minimum Gasteiger partial charge on any atom is -0.310 e. The zero-order valence-corrected chi connectivity index (χ0v) is 37.0. The average Bonchev–Trinajstić information content (AvgIpc) is 3.67. The molecule has 0 aliphatic carbocycles. The van der Waals surface area contributed by atoms with Crippen molar-refractivity contribution in [2.75, 3.05) is 9.80 Å². The third-order valence-electron chi connectivity index (χ3n) is 14.6. The Morgan fingerprint density at radius 1 is 0.338 bits per heavy atom. The van der Waals surface area contributed by atoms with Crippen LogP contribution in [0.5, 0.6) is 0 Å². The lowest BCUT2D eigenvalue weighted by molar-refractivity contribution is 0.594. The van der Waals surface area contributed by atoms with Crippen molar-refractivity contribution in [3.8, 4) is 16.8 Å². The number of anilines is 6. The Morgan fingerprint density at radius 2 is 0.877 bits per heavy atom. The summed E-state index contributed by atoms with van der Waals surface area (Å²) in [6.07, 6.45) is 0. The molecule has 0 bridgehead atoms. The lowest BCUT2D eigenvalue weighted by atomic mass is 9.68. The van der Waals surface area contributed by atoms with Gasteiger partial charge in [0.05, 0.1) is 22.4 Å². The van der Waals surface area contributed by atoms with Gasteiger partial charge in [-0.2, -0.15) is 0 Å². The SMILES string of the molecule is CC1(C)c2cccc3c2-n2c4c1cc(-c1ccc(N(c5ccccc5)c5ccc6ccccc6c5)c5ccccc15)cc4c1cc(N(c4ccccc4)c4ccccc4)cc(c12)C3(C)C. The summed E-state index contributed by atoms with van der Waals surface area (Å²) in [6.45, 7) is 9.72. The van der Waals surface area contributed by atoms with E-state index in [9.17, 15) is 0 Å². The first kappa shape index (κ1) is 37.7. The molecule has 2 aliphatic heterocycles. The molecule has 0 N–H and O–H groups in total. The van der Waals surface area contributed by atoms with Crippen LogP contribution in [0.25, 0.3) is 60.2 Å². The van der Waals surface area contributed by atoms with E-state index in [2.05, 4.69) is 254 Å². The number of hydrogen-bond acceptors (Lipinski definition) is 2. The van der Waals surface area contributed by atoms with E-state index in [4.69, 9.17) is 0 Å². The van der Waals surface area contributed by atoms with Crippen LogP contribution in [0, 0.1) is 0 Å². The molecule has 0 atom stereocenters. The van der Waals surface area contributed by atoms with E-state index in [1.165, 1.54) is 82.4 Å². The van der Waals surface area contributed by atoms with E-state index in [0.29, 0.717) is 0 Å². The third kappa shape index (κ3) is 5.42. The molecule has 0 saturated heterocycles. The zero-order valence-electron chi connectivity index (χ0n) is 37.0. The number of fused-ring (bicyclic) bond motifs is 3. The number of para-hydroxylation sites is 4. The van der Waals surface area contributed by atoms with Gasteiger partial charge in [0.25, 0.3) is 0 Å². The minimum atomic E-state index is -0.254. The number of nitrogens with zero attached hydrogens (tertiary/aromatic N) is 3. The Kier molecular flexibility index (Phi) is 8.00. The molecule has 310 valence electrons. The summed E-state index contributed by atoms with van der Waals surface area (Å²) in [5, 5.41) is 7.46. The van der Waals surface area contributed by atoms with Crippen molar-refractivity contribution in [2.24, 2.45) is 0 Å². The van der Waals surface area contributed by atoms with E-state index in [0.717, 1.165) is 34.1 Å². The normalized spacial score (nSPS) is 14.1. The van der Waals surface area contributed by atoms with Gasteiger partial charge in [-0.3, -0.25) is 0 Å². The fourth-order valence-electron chi connectivity index (χ4n) is 11.5.